The van der Waals surface area contributed by atoms with Crippen LogP contribution in [0.3, 0.4) is 0 Å². The summed E-state index contributed by atoms with van der Waals surface area (Å²) >= 11 is 1.62. The summed E-state index contributed by atoms with van der Waals surface area (Å²) in [5, 5.41) is 7.98. The van der Waals surface area contributed by atoms with Crippen LogP contribution in [0.15, 0.2) is 35.7 Å². The first-order chi connectivity index (χ1) is 12.5. The van der Waals surface area contributed by atoms with Crippen molar-refractivity contribution < 1.29 is 9.59 Å². The summed E-state index contributed by atoms with van der Waals surface area (Å²) in [5.41, 5.74) is 3.02. The molecule has 2 aromatic rings. The van der Waals surface area contributed by atoms with Crippen molar-refractivity contribution in [1.29, 1.82) is 0 Å². The monoisotopic (exact) mass is 371 g/mol. The first-order valence-electron chi connectivity index (χ1n) is 8.96. The zero-order chi connectivity index (χ0) is 18.5. The summed E-state index contributed by atoms with van der Waals surface area (Å²) in [6.07, 6.45) is 1.66. The molecule has 138 valence electrons. The Morgan fingerprint density at radius 1 is 1.27 bits per heavy atom. The van der Waals surface area contributed by atoms with Crippen molar-refractivity contribution in [2.45, 2.75) is 33.2 Å². The van der Waals surface area contributed by atoms with Gasteiger partial charge in [-0.05, 0) is 55.3 Å². The summed E-state index contributed by atoms with van der Waals surface area (Å²) in [5.74, 6) is -0.175. The van der Waals surface area contributed by atoms with E-state index in [0.29, 0.717) is 19.6 Å². The van der Waals surface area contributed by atoms with E-state index in [1.54, 1.807) is 16.2 Å². The Morgan fingerprint density at radius 2 is 2.12 bits per heavy atom. The van der Waals surface area contributed by atoms with Crippen LogP contribution in [0.4, 0.5) is 10.5 Å². The second-order valence-electron chi connectivity index (χ2n) is 6.83. The summed E-state index contributed by atoms with van der Waals surface area (Å²) in [7, 11) is 0. The minimum absolute atomic E-state index is 0.00513. The van der Waals surface area contributed by atoms with Crippen molar-refractivity contribution in [2.24, 2.45) is 5.92 Å². The molecule has 1 unspecified atom stereocenters. The average Bonchev–Trinajstić information content (AvgIpc) is 3.16. The predicted octanol–water partition coefficient (Wildman–Crippen LogP) is 3.93. The highest BCUT2D eigenvalue weighted by Crippen LogP contribution is 2.21. The Morgan fingerprint density at radius 3 is 2.88 bits per heavy atom. The third-order valence-corrected chi connectivity index (χ3v) is 5.60. The van der Waals surface area contributed by atoms with Gasteiger partial charge in [0.05, 0.1) is 12.5 Å². The quantitative estimate of drug-likeness (QED) is 0.855. The van der Waals surface area contributed by atoms with Gasteiger partial charge in [-0.3, -0.25) is 4.79 Å². The van der Waals surface area contributed by atoms with E-state index in [0.717, 1.165) is 34.5 Å². The SMILES string of the molecule is Cc1ccc(C)c(NC(=O)C2CCCN(C(=O)NCc3cccs3)C2)c1. The molecule has 26 heavy (non-hydrogen) atoms. The molecule has 0 spiro atoms. The molecule has 1 aromatic carbocycles. The Hall–Kier alpha value is -2.34. The minimum atomic E-state index is -0.170. The van der Waals surface area contributed by atoms with E-state index in [1.165, 1.54) is 0 Å². The molecular weight excluding hydrogens is 346 g/mol. The fraction of sp³-hybridized carbons (Fsp3) is 0.400. The van der Waals surface area contributed by atoms with Gasteiger partial charge in [0.1, 0.15) is 0 Å². The first kappa shape index (κ1) is 18.5. The van der Waals surface area contributed by atoms with Crippen molar-refractivity contribution in [1.82, 2.24) is 10.2 Å². The van der Waals surface area contributed by atoms with Crippen LogP contribution in [0.25, 0.3) is 0 Å². The summed E-state index contributed by atoms with van der Waals surface area (Å²) in [6.45, 7) is 5.69. The zero-order valence-electron chi connectivity index (χ0n) is 15.2. The van der Waals surface area contributed by atoms with Crippen molar-refractivity contribution in [3.8, 4) is 0 Å². The number of thiophene rings is 1. The number of urea groups is 1. The number of rotatable bonds is 4. The molecule has 1 atom stereocenters. The molecule has 1 aliphatic rings. The molecule has 1 aromatic heterocycles. The van der Waals surface area contributed by atoms with Crippen LogP contribution in [-0.4, -0.2) is 29.9 Å². The normalized spacial score (nSPS) is 17.0. The first-order valence-corrected chi connectivity index (χ1v) is 9.84. The molecule has 1 saturated heterocycles. The Balaban J connectivity index is 1.56. The topological polar surface area (TPSA) is 61.4 Å². The molecule has 0 aliphatic carbocycles. The molecule has 6 heteroatoms. The van der Waals surface area contributed by atoms with Crippen LogP contribution in [0.1, 0.15) is 28.8 Å². The molecule has 0 saturated carbocycles. The van der Waals surface area contributed by atoms with Gasteiger partial charge < -0.3 is 15.5 Å². The van der Waals surface area contributed by atoms with Crippen LogP contribution in [0.5, 0.6) is 0 Å². The van der Waals surface area contributed by atoms with E-state index in [-0.39, 0.29) is 17.9 Å². The zero-order valence-corrected chi connectivity index (χ0v) is 16.1. The molecular formula is C20H25N3O2S. The van der Waals surface area contributed by atoms with E-state index in [2.05, 4.69) is 10.6 Å². The van der Waals surface area contributed by atoms with Crippen LogP contribution in [-0.2, 0) is 11.3 Å². The van der Waals surface area contributed by atoms with Crippen LogP contribution >= 0.6 is 11.3 Å². The maximum absolute atomic E-state index is 12.7. The second kappa shape index (κ2) is 8.36. The van der Waals surface area contributed by atoms with E-state index < -0.39 is 0 Å². The average molecular weight is 372 g/mol. The van der Waals surface area contributed by atoms with Crippen molar-refractivity contribution in [3.63, 3.8) is 0 Å². The molecule has 0 bridgehead atoms. The van der Waals surface area contributed by atoms with E-state index in [4.69, 9.17) is 0 Å². The number of carbonyl (C=O) groups is 2. The van der Waals surface area contributed by atoms with Crippen LogP contribution < -0.4 is 10.6 Å². The number of nitrogens with zero attached hydrogens (tertiary/aromatic N) is 1. The number of hydrogen-bond donors (Lipinski definition) is 2. The molecule has 3 rings (SSSR count). The summed E-state index contributed by atoms with van der Waals surface area (Å²) in [4.78, 5) is 28.0. The third-order valence-electron chi connectivity index (χ3n) is 4.72. The van der Waals surface area contributed by atoms with Gasteiger partial charge in [-0.15, -0.1) is 11.3 Å². The highest BCUT2D eigenvalue weighted by atomic mass is 32.1. The number of amides is 3. The summed E-state index contributed by atoms with van der Waals surface area (Å²) in [6, 6.07) is 9.91. The molecule has 0 radical (unpaired) electrons. The van der Waals surface area contributed by atoms with Gasteiger partial charge in [0, 0.05) is 23.7 Å². The van der Waals surface area contributed by atoms with Gasteiger partial charge in [0.25, 0.3) is 0 Å². The van der Waals surface area contributed by atoms with E-state index >= 15 is 0 Å². The standard InChI is InChI=1S/C20H25N3O2S/c1-14-7-8-15(2)18(11-14)22-19(24)16-5-3-9-23(13-16)20(25)21-12-17-6-4-10-26-17/h4,6-8,10-11,16H,3,5,9,12-13H2,1-2H3,(H,21,25)(H,22,24). The number of anilines is 1. The number of benzene rings is 1. The molecule has 1 fully saturated rings. The molecule has 1 aliphatic heterocycles. The Bertz CT molecular complexity index is 773. The van der Waals surface area contributed by atoms with Gasteiger partial charge in [0.15, 0.2) is 0 Å². The van der Waals surface area contributed by atoms with E-state index in [1.807, 2.05) is 49.6 Å². The van der Waals surface area contributed by atoms with Gasteiger partial charge in [0.2, 0.25) is 5.91 Å². The van der Waals surface area contributed by atoms with Crippen molar-refractivity contribution in [2.75, 3.05) is 18.4 Å². The fourth-order valence-electron chi connectivity index (χ4n) is 3.17. The van der Waals surface area contributed by atoms with Crippen molar-refractivity contribution in [3.05, 3.63) is 51.7 Å². The predicted molar refractivity (Wildman–Crippen MR) is 105 cm³/mol. The van der Waals surface area contributed by atoms with E-state index in [9.17, 15) is 9.59 Å². The lowest BCUT2D eigenvalue weighted by Gasteiger charge is -2.32. The highest BCUT2D eigenvalue weighted by molar-refractivity contribution is 7.09. The molecule has 3 amide bonds. The minimum Gasteiger partial charge on any atom is -0.333 e. The maximum atomic E-state index is 12.7. The molecule has 5 nitrogen and oxygen atoms in total. The highest BCUT2D eigenvalue weighted by Gasteiger charge is 2.28. The third kappa shape index (κ3) is 4.64. The Kier molecular flexibility index (Phi) is 5.93. The lowest BCUT2D eigenvalue weighted by molar-refractivity contribution is -0.121. The lowest BCUT2D eigenvalue weighted by atomic mass is 9.97. The van der Waals surface area contributed by atoms with Gasteiger partial charge in [-0.25, -0.2) is 4.79 Å². The van der Waals surface area contributed by atoms with Crippen molar-refractivity contribution >= 4 is 29.0 Å². The summed E-state index contributed by atoms with van der Waals surface area (Å²) < 4.78 is 0. The number of hydrogen-bond acceptors (Lipinski definition) is 3. The van der Waals surface area contributed by atoms with Crippen LogP contribution in [0.2, 0.25) is 0 Å². The smallest absolute Gasteiger partial charge is 0.317 e. The number of nitrogens with one attached hydrogen (secondary N) is 2. The second-order valence-corrected chi connectivity index (χ2v) is 7.86. The number of piperidine rings is 1. The largest absolute Gasteiger partial charge is 0.333 e. The molecule has 2 heterocycles. The van der Waals surface area contributed by atoms with Gasteiger partial charge in [-0.2, -0.15) is 0 Å². The fourth-order valence-corrected chi connectivity index (χ4v) is 3.81. The molecule has 2 N–H and O–H groups in total. The Labute approximate surface area is 158 Å². The number of carbonyl (C=O) groups excluding carboxylic acids is 2. The number of aryl methyl sites for hydroxylation is 2. The number of likely N-dealkylation sites (tertiary alicyclic amines) is 1. The maximum Gasteiger partial charge on any atom is 0.317 e. The van der Waals surface area contributed by atoms with Gasteiger partial charge >= 0.3 is 6.03 Å². The van der Waals surface area contributed by atoms with Gasteiger partial charge in [-0.1, -0.05) is 18.2 Å². The lowest BCUT2D eigenvalue weighted by Crippen LogP contribution is -2.47. The van der Waals surface area contributed by atoms with Crippen LogP contribution in [0, 0.1) is 19.8 Å².